The average Bonchev–Trinajstić information content (AvgIpc) is 3.40. The number of carbonyl (C=O) groups excluding carboxylic acids is 1. The third-order valence-electron chi connectivity index (χ3n) is 5.29. The van der Waals surface area contributed by atoms with E-state index < -0.39 is 6.10 Å². The van der Waals surface area contributed by atoms with Crippen molar-refractivity contribution in [3.8, 4) is 16.9 Å². The van der Waals surface area contributed by atoms with Gasteiger partial charge in [-0.25, -0.2) is 14.6 Å². The fraction of sp³-hybridized carbons (Fsp3) is 0.238. The third kappa shape index (κ3) is 3.17. The molecule has 1 atom stereocenters. The van der Waals surface area contributed by atoms with E-state index in [1.54, 1.807) is 34.2 Å². The second-order valence-electron chi connectivity index (χ2n) is 7.21. The fourth-order valence-electron chi connectivity index (χ4n) is 3.83. The van der Waals surface area contributed by atoms with Gasteiger partial charge in [-0.05, 0) is 37.1 Å². The molecule has 0 bridgehead atoms. The maximum absolute atomic E-state index is 13.1. The summed E-state index contributed by atoms with van der Waals surface area (Å²) in [5, 5.41) is 14.3. The first-order valence-corrected chi connectivity index (χ1v) is 9.59. The van der Waals surface area contributed by atoms with Crippen LogP contribution in [0.15, 0.2) is 61.4 Å². The lowest BCUT2D eigenvalue weighted by atomic mass is 10.1. The molecular weight excluding hydrogens is 368 g/mol. The van der Waals surface area contributed by atoms with Crippen LogP contribution in [-0.2, 0) is 0 Å². The highest BCUT2D eigenvalue weighted by atomic mass is 16.3. The van der Waals surface area contributed by atoms with E-state index >= 15 is 0 Å². The van der Waals surface area contributed by atoms with E-state index in [-0.39, 0.29) is 5.91 Å². The summed E-state index contributed by atoms with van der Waals surface area (Å²) >= 11 is 0. The molecule has 1 aliphatic heterocycles. The number of aliphatic hydroxyl groups excluding tert-OH is 1. The van der Waals surface area contributed by atoms with Gasteiger partial charge in [0, 0.05) is 48.3 Å². The highest BCUT2D eigenvalue weighted by Crippen LogP contribution is 2.23. The van der Waals surface area contributed by atoms with Gasteiger partial charge in [0.25, 0.3) is 5.91 Å². The summed E-state index contributed by atoms with van der Waals surface area (Å²) in [4.78, 5) is 22.9. The van der Waals surface area contributed by atoms with Crippen LogP contribution in [0, 0.1) is 0 Å². The summed E-state index contributed by atoms with van der Waals surface area (Å²) in [5.41, 5.74) is 3.35. The normalized spacial score (nSPS) is 17.0. The average molecular weight is 388 g/mol. The molecular formula is C21H20N6O2. The van der Waals surface area contributed by atoms with E-state index in [4.69, 9.17) is 0 Å². The number of fused-ring (bicyclic) bond motifs is 1. The topological polar surface area (TPSA) is 88.5 Å². The molecule has 0 aromatic carbocycles. The van der Waals surface area contributed by atoms with Crippen LogP contribution in [0.2, 0.25) is 0 Å². The quantitative estimate of drug-likeness (QED) is 0.581. The number of hydrogen-bond acceptors (Lipinski definition) is 5. The van der Waals surface area contributed by atoms with Crippen molar-refractivity contribution in [1.82, 2.24) is 29.0 Å². The molecule has 0 saturated carbocycles. The molecule has 8 nitrogen and oxygen atoms in total. The molecule has 4 aromatic rings. The van der Waals surface area contributed by atoms with E-state index in [0.717, 1.165) is 35.3 Å². The Morgan fingerprint density at radius 2 is 1.90 bits per heavy atom. The number of amides is 1. The van der Waals surface area contributed by atoms with Gasteiger partial charge >= 0.3 is 0 Å². The molecule has 0 radical (unpaired) electrons. The van der Waals surface area contributed by atoms with Crippen molar-refractivity contribution in [2.45, 2.75) is 18.9 Å². The lowest BCUT2D eigenvalue weighted by molar-refractivity contribution is 0.0466. The minimum Gasteiger partial charge on any atom is -0.391 e. The second-order valence-corrected chi connectivity index (χ2v) is 7.21. The van der Waals surface area contributed by atoms with Gasteiger partial charge < -0.3 is 14.4 Å². The number of rotatable bonds is 3. The van der Waals surface area contributed by atoms with E-state index in [9.17, 15) is 9.90 Å². The largest absolute Gasteiger partial charge is 0.391 e. The van der Waals surface area contributed by atoms with Gasteiger partial charge in [0.1, 0.15) is 17.8 Å². The molecule has 4 aromatic heterocycles. The molecule has 0 aliphatic carbocycles. The number of likely N-dealkylation sites (tertiary alicyclic amines) is 1. The second kappa shape index (κ2) is 7.14. The van der Waals surface area contributed by atoms with Crippen molar-refractivity contribution in [3.63, 3.8) is 0 Å². The molecule has 146 valence electrons. The van der Waals surface area contributed by atoms with Gasteiger partial charge in [0.05, 0.1) is 12.3 Å². The predicted octanol–water partition coefficient (Wildman–Crippen LogP) is 2.18. The molecule has 5 rings (SSSR count). The van der Waals surface area contributed by atoms with Crippen LogP contribution in [-0.4, -0.2) is 59.3 Å². The first-order chi connectivity index (χ1) is 14.2. The monoisotopic (exact) mass is 388 g/mol. The lowest BCUT2D eigenvalue weighted by Crippen LogP contribution is -2.42. The number of hydrogen-bond donors (Lipinski definition) is 1. The lowest BCUT2D eigenvalue weighted by Gasteiger charge is -2.30. The summed E-state index contributed by atoms with van der Waals surface area (Å²) in [6.45, 7) is 1.01. The van der Waals surface area contributed by atoms with E-state index in [1.807, 2.05) is 34.9 Å². The Balaban J connectivity index is 1.55. The van der Waals surface area contributed by atoms with E-state index in [1.165, 1.54) is 6.33 Å². The number of β-amino-alcohol motifs (C(OH)–C–C–N with tert-alkyl or cyclic N) is 1. The summed E-state index contributed by atoms with van der Waals surface area (Å²) in [6.07, 6.45) is 9.72. The van der Waals surface area contributed by atoms with Crippen molar-refractivity contribution in [2.24, 2.45) is 0 Å². The van der Waals surface area contributed by atoms with Crippen LogP contribution in [0.5, 0.6) is 0 Å². The minimum atomic E-state index is -0.464. The molecule has 1 N–H and O–H groups in total. The molecule has 1 aliphatic rings. The predicted molar refractivity (Wildman–Crippen MR) is 107 cm³/mol. The van der Waals surface area contributed by atoms with Gasteiger partial charge in [-0.3, -0.25) is 4.79 Å². The maximum atomic E-state index is 13.1. The van der Waals surface area contributed by atoms with Crippen molar-refractivity contribution >= 4 is 11.4 Å². The van der Waals surface area contributed by atoms with E-state index in [2.05, 4.69) is 15.1 Å². The molecule has 1 fully saturated rings. The van der Waals surface area contributed by atoms with Gasteiger partial charge in [0.2, 0.25) is 0 Å². The highest BCUT2D eigenvalue weighted by Gasteiger charge is 2.26. The van der Waals surface area contributed by atoms with Gasteiger partial charge in [0.15, 0.2) is 0 Å². The molecule has 1 saturated heterocycles. The Morgan fingerprint density at radius 1 is 1.07 bits per heavy atom. The Labute approximate surface area is 167 Å². The van der Waals surface area contributed by atoms with Crippen LogP contribution < -0.4 is 0 Å². The van der Waals surface area contributed by atoms with E-state index in [0.29, 0.717) is 18.8 Å². The van der Waals surface area contributed by atoms with Gasteiger partial charge in [-0.2, -0.15) is 5.10 Å². The zero-order valence-corrected chi connectivity index (χ0v) is 15.7. The molecule has 29 heavy (non-hydrogen) atoms. The summed E-state index contributed by atoms with van der Waals surface area (Å²) in [6, 6.07) is 9.67. The van der Waals surface area contributed by atoms with Crippen molar-refractivity contribution in [2.75, 3.05) is 13.1 Å². The number of piperidine rings is 1. The van der Waals surface area contributed by atoms with Crippen molar-refractivity contribution < 1.29 is 9.90 Å². The SMILES string of the molecule is O=C(c1ccnn1-c1ccc2ccc(-c3cncnc3)cn12)N1CCC[C@@H](O)C1. The van der Waals surface area contributed by atoms with Crippen LogP contribution in [0.25, 0.3) is 22.5 Å². The van der Waals surface area contributed by atoms with Crippen LogP contribution >= 0.6 is 0 Å². The maximum Gasteiger partial charge on any atom is 0.272 e. The summed E-state index contributed by atoms with van der Waals surface area (Å²) in [5.74, 6) is 0.647. The first-order valence-electron chi connectivity index (χ1n) is 9.59. The smallest absolute Gasteiger partial charge is 0.272 e. The van der Waals surface area contributed by atoms with Crippen LogP contribution in [0.4, 0.5) is 0 Å². The molecule has 5 heterocycles. The number of carbonyl (C=O) groups is 1. The van der Waals surface area contributed by atoms with Gasteiger partial charge in [-0.15, -0.1) is 0 Å². The molecule has 8 heteroatoms. The first kappa shape index (κ1) is 17.6. The highest BCUT2D eigenvalue weighted by molar-refractivity contribution is 5.93. The van der Waals surface area contributed by atoms with Gasteiger partial charge in [-0.1, -0.05) is 6.07 Å². The number of nitrogens with zero attached hydrogens (tertiary/aromatic N) is 6. The Bertz CT molecular complexity index is 1170. The van der Waals surface area contributed by atoms with Crippen molar-refractivity contribution in [1.29, 1.82) is 0 Å². The molecule has 0 unspecified atom stereocenters. The van der Waals surface area contributed by atoms with Crippen LogP contribution in [0.1, 0.15) is 23.3 Å². The Morgan fingerprint density at radius 3 is 2.72 bits per heavy atom. The summed E-state index contributed by atoms with van der Waals surface area (Å²) in [7, 11) is 0. The summed E-state index contributed by atoms with van der Waals surface area (Å²) < 4.78 is 3.65. The fourth-order valence-corrected chi connectivity index (χ4v) is 3.83. The number of aliphatic hydroxyl groups is 1. The zero-order chi connectivity index (χ0) is 19.8. The van der Waals surface area contributed by atoms with Crippen LogP contribution in [0.3, 0.4) is 0 Å². The number of aromatic nitrogens is 5. The van der Waals surface area contributed by atoms with Crippen molar-refractivity contribution in [3.05, 3.63) is 67.1 Å². The molecule has 1 amide bonds. The zero-order valence-electron chi connectivity index (χ0n) is 15.7. The third-order valence-corrected chi connectivity index (χ3v) is 5.29. The molecule has 0 spiro atoms. The number of pyridine rings is 1. The standard InChI is InChI=1S/C21H20N6O2/c28-18-2-1-9-25(13-18)21(29)19-7-8-24-27(19)20-6-5-17-4-3-15(12-26(17)20)16-10-22-14-23-11-16/h3-8,10-12,14,18,28H,1-2,9,13H2/t18-/m1/s1. The minimum absolute atomic E-state index is 0.121. The Kier molecular flexibility index (Phi) is 4.33. The Hall–Kier alpha value is -3.52.